The molecule has 1 aliphatic rings. The second-order valence-corrected chi connectivity index (χ2v) is 11.0. The third-order valence-corrected chi connectivity index (χ3v) is 8.01. The van der Waals surface area contributed by atoms with Crippen molar-refractivity contribution in [2.75, 3.05) is 0 Å². The Morgan fingerprint density at radius 1 is 0.352 bits per heavy atom. The van der Waals surface area contributed by atoms with Crippen LogP contribution in [0.2, 0.25) is 0 Å². The van der Waals surface area contributed by atoms with Crippen LogP contribution in [-0.2, 0) is 18.5 Å². The van der Waals surface area contributed by atoms with Gasteiger partial charge in [0.15, 0.2) is 40.7 Å². The molecule has 282 valence electrons. The number of hydrogen-bond donors (Lipinski definition) is 0. The van der Waals surface area contributed by atoms with E-state index < -0.39 is 154 Å². The Hall–Kier alpha value is -5.91. The summed E-state index contributed by atoms with van der Waals surface area (Å²) in [6.45, 7) is 1.50. The van der Waals surface area contributed by atoms with Gasteiger partial charge in [0.1, 0.15) is 46.5 Å². The van der Waals surface area contributed by atoms with Crippen LogP contribution in [-0.4, -0.2) is 0 Å². The molecular weight excluding hydrogens is 780 g/mol. The van der Waals surface area contributed by atoms with Crippen LogP contribution in [0.25, 0.3) is 16.7 Å². The maximum Gasteiger partial charge on any atom is 0.422 e. The number of rotatable bonds is 3. The summed E-state index contributed by atoms with van der Waals surface area (Å²) in [5, 5.41) is 29.8. The van der Waals surface area contributed by atoms with Crippen molar-refractivity contribution in [3.63, 3.8) is 0 Å². The number of alkyl halides is 9. The van der Waals surface area contributed by atoms with Crippen molar-refractivity contribution in [2.24, 2.45) is 0 Å². The van der Waals surface area contributed by atoms with E-state index in [0.29, 0.717) is 19.9 Å². The molecule has 0 heterocycles. The van der Waals surface area contributed by atoms with Crippen molar-refractivity contribution in [3.05, 3.63) is 119 Å². The summed E-state index contributed by atoms with van der Waals surface area (Å²) in [6.07, 6.45) is -19.1. The Morgan fingerprint density at radius 2 is 0.648 bits per heavy atom. The van der Waals surface area contributed by atoms with Gasteiger partial charge in [-0.05, 0) is 26.3 Å². The zero-order valence-electron chi connectivity index (χ0n) is 26.1. The minimum Gasteiger partial charge on any atom is -0.206 e. The number of allylic oxidation sites excluding steroid dienone is 6. The second-order valence-electron chi connectivity index (χ2n) is 11.0. The zero-order valence-corrected chi connectivity index (χ0v) is 26.1. The molecule has 54 heavy (non-hydrogen) atoms. The fourth-order valence-electron chi connectivity index (χ4n) is 5.56. The highest BCUT2D eigenvalue weighted by molar-refractivity contribution is 6.12. The summed E-state index contributed by atoms with van der Waals surface area (Å²) in [7, 11) is 0. The lowest BCUT2D eigenvalue weighted by Crippen LogP contribution is -2.22. The first-order valence-electron chi connectivity index (χ1n) is 13.8. The number of halogens is 18. The van der Waals surface area contributed by atoms with E-state index >= 15 is 17.6 Å². The van der Waals surface area contributed by atoms with E-state index in [1.54, 1.807) is 0 Å². The second kappa shape index (κ2) is 13.2. The summed E-state index contributed by atoms with van der Waals surface area (Å²) >= 11 is 0. The van der Waals surface area contributed by atoms with Gasteiger partial charge in [-0.3, -0.25) is 0 Å². The highest BCUT2D eigenvalue weighted by atomic mass is 19.4. The first-order chi connectivity index (χ1) is 24.6. The minimum absolute atomic E-state index is 0.266. The van der Waals surface area contributed by atoms with E-state index in [1.807, 2.05) is 0 Å². The third-order valence-electron chi connectivity index (χ3n) is 8.01. The first-order valence-corrected chi connectivity index (χ1v) is 13.8. The fourth-order valence-corrected chi connectivity index (χ4v) is 5.56. The van der Waals surface area contributed by atoms with Gasteiger partial charge in [0.25, 0.3) is 0 Å². The van der Waals surface area contributed by atoms with Gasteiger partial charge in [-0.2, -0.15) is 55.3 Å². The molecule has 1 aliphatic carbocycles. The molecule has 1 fully saturated rings. The number of nitrogens with zero attached hydrogens (tertiary/aromatic N) is 3. The van der Waals surface area contributed by atoms with E-state index in [1.165, 1.54) is 0 Å². The average molecular weight is 789 g/mol. The topological polar surface area (TPSA) is 71.4 Å². The van der Waals surface area contributed by atoms with Crippen molar-refractivity contribution in [1.82, 2.24) is 0 Å². The number of nitriles is 3. The van der Waals surface area contributed by atoms with Crippen LogP contribution >= 0.6 is 0 Å². The summed E-state index contributed by atoms with van der Waals surface area (Å²) in [5.74, 6) is -24.3. The Morgan fingerprint density at radius 3 is 1.00 bits per heavy atom. The van der Waals surface area contributed by atoms with Crippen molar-refractivity contribution in [3.8, 4) is 18.2 Å². The molecule has 3 nitrogen and oxygen atoms in total. The first kappa shape index (κ1) is 40.9. The molecule has 4 rings (SSSR count). The third kappa shape index (κ3) is 6.09. The van der Waals surface area contributed by atoms with Gasteiger partial charge in [-0.1, -0.05) is 0 Å². The SMILES string of the molecule is Cc1c(F)c(C)c(/C(C#N)=C2/C(=C(C#N)c3c(F)c(F)c(C)c(F)c3C(F)(F)F)/C2=C(/C#N)c2c(F)c(F)c(C(F)(F)F)c(F)c2C(F)(F)F)c(F)c1F. The van der Waals surface area contributed by atoms with Crippen molar-refractivity contribution in [1.29, 1.82) is 15.8 Å². The van der Waals surface area contributed by atoms with Crippen molar-refractivity contribution >= 4 is 16.7 Å². The predicted octanol–water partition coefficient (Wildman–Crippen LogP) is 11.2. The number of hydrogen-bond acceptors (Lipinski definition) is 3. The van der Waals surface area contributed by atoms with Crippen molar-refractivity contribution < 1.29 is 79.0 Å². The standard InChI is InChI=1S/C33H9F18N3/c1-7-13(26(38)24(36)8(2)22(7)34)10(4-52)14-15(11(5-53)17-19(31(43,44)45)23(35)9(3)25(37)27(17)39)16(14)12(6-54)18-20(32(46,47)48)29(41)21(33(49,50)51)30(42)28(18)40/h1-3H3/b14-10-,15-11?,16-12-. The molecule has 0 bridgehead atoms. The van der Waals surface area contributed by atoms with Crippen LogP contribution in [0, 0.1) is 107 Å². The zero-order chi connectivity index (χ0) is 41.5. The Balaban J connectivity index is 2.49. The Labute approximate surface area is 288 Å². The van der Waals surface area contributed by atoms with Gasteiger partial charge in [-0.25, -0.2) is 39.5 Å². The van der Waals surface area contributed by atoms with Gasteiger partial charge in [0.05, 0.1) is 16.7 Å². The van der Waals surface area contributed by atoms with Crippen LogP contribution in [0.3, 0.4) is 0 Å². The van der Waals surface area contributed by atoms with E-state index in [2.05, 4.69) is 0 Å². The van der Waals surface area contributed by atoms with Crippen LogP contribution in [0.4, 0.5) is 79.0 Å². The molecule has 0 aromatic heterocycles. The summed E-state index contributed by atoms with van der Waals surface area (Å²) in [5.41, 5.74) is -31.8. The molecule has 1 saturated carbocycles. The minimum atomic E-state index is -6.54. The van der Waals surface area contributed by atoms with Gasteiger partial charge in [0.2, 0.25) is 0 Å². The molecule has 3 aromatic rings. The lowest BCUT2D eigenvalue weighted by atomic mass is 9.93. The average Bonchev–Trinajstić information content (AvgIpc) is 3.77. The predicted molar refractivity (Wildman–Crippen MR) is 146 cm³/mol. The van der Waals surface area contributed by atoms with Gasteiger partial charge in [-0.15, -0.1) is 0 Å². The highest BCUT2D eigenvalue weighted by Crippen LogP contribution is 2.59. The highest BCUT2D eigenvalue weighted by Gasteiger charge is 2.52. The molecule has 0 amide bonds. The van der Waals surface area contributed by atoms with E-state index in [-0.39, 0.29) is 6.92 Å². The number of benzene rings is 3. The lowest BCUT2D eigenvalue weighted by Gasteiger charge is -2.19. The molecule has 0 N–H and O–H groups in total. The maximum absolute atomic E-state index is 15.4. The summed E-state index contributed by atoms with van der Waals surface area (Å²) in [4.78, 5) is 0. The summed E-state index contributed by atoms with van der Waals surface area (Å²) < 4.78 is 261. The van der Waals surface area contributed by atoms with E-state index in [4.69, 9.17) is 0 Å². The molecule has 0 aliphatic heterocycles. The molecule has 0 saturated heterocycles. The van der Waals surface area contributed by atoms with E-state index in [0.717, 1.165) is 12.1 Å². The Kier molecular flexibility index (Phi) is 9.98. The quantitative estimate of drug-likeness (QED) is 0.151. The molecule has 0 radical (unpaired) electrons. The van der Waals surface area contributed by atoms with Gasteiger partial charge < -0.3 is 0 Å². The molecule has 0 spiro atoms. The monoisotopic (exact) mass is 789 g/mol. The van der Waals surface area contributed by atoms with Gasteiger partial charge >= 0.3 is 18.5 Å². The van der Waals surface area contributed by atoms with Crippen LogP contribution < -0.4 is 0 Å². The normalized spacial score (nSPS) is 16.1. The molecule has 3 aromatic carbocycles. The van der Waals surface area contributed by atoms with Crippen LogP contribution in [0.1, 0.15) is 50.1 Å². The molecule has 21 heteroatoms. The molecular formula is C33H9F18N3. The van der Waals surface area contributed by atoms with E-state index in [9.17, 15) is 77.3 Å². The van der Waals surface area contributed by atoms with Crippen LogP contribution in [0.15, 0.2) is 16.7 Å². The van der Waals surface area contributed by atoms with Crippen LogP contribution in [0.5, 0.6) is 0 Å². The van der Waals surface area contributed by atoms with Gasteiger partial charge in [0, 0.05) is 44.5 Å². The lowest BCUT2D eigenvalue weighted by molar-refractivity contribution is -0.150. The smallest absolute Gasteiger partial charge is 0.206 e. The Bertz CT molecular complexity index is 2410. The maximum atomic E-state index is 15.4. The fraction of sp³-hybridized carbons (Fsp3) is 0.182. The summed E-state index contributed by atoms with van der Waals surface area (Å²) in [6, 6.07) is 2.42. The largest absolute Gasteiger partial charge is 0.422 e. The van der Waals surface area contributed by atoms with Crippen molar-refractivity contribution in [2.45, 2.75) is 39.3 Å². The molecule has 0 atom stereocenters. The molecule has 0 unspecified atom stereocenters.